The number of aliphatic hydroxyl groups is 1. The topological polar surface area (TPSA) is 45.1 Å². The lowest BCUT2D eigenvalue weighted by atomic mass is 9.95. The van der Waals surface area contributed by atoms with Crippen molar-refractivity contribution in [1.82, 2.24) is 5.01 Å². The molecule has 0 amide bonds. The number of benzene rings is 3. The first-order chi connectivity index (χ1) is 13.7. The molecule has 0 unspecified atom stereocenters. The molecule has 1 aliphatic heterocycles. The number of nitrogens with zero attached hydrogens (tertiary/aromatic N) is 2. The summed E-state index contributed by atoms with van der Waals surface area (Å²) in [7, 11) is 1.65. The van der Waals surface area contributed by atoms with Crippen molar-refractivity contribution in [1.29, 1.82) is 0 Å². The quantitative estimate of drug-likeness (QED) is 0.725. The van der Waals surface area contributed by atoms with E-state index in [1.54, 1.807) is 7.11 Å². The molecule has 2 atom stereocenters. The summed E-state index contributed by atoms with van der Waals surface area (Å²) in [5, 5.41) is 18.0. The number of ether oxygens (including phenoxy) is 1. The van der Waals surface area contributed by atoms with Gasteiger partial charge in [-0.1, -0.05) is 72.3 Å². The maximum absolute atomic E-state index is 11.2. The first kappa shape index (κ1) is 18.3. The lowest BCUT2D eigenvalue weighted by molar-refractivity contribution is 0.114. The second kappa shape index (κ2) is 7.87. The fourth-order valence-corrected chi connectivity index (χ4v) is 3.58. The Kier molecular flexibility index (Phi) is 5.13. The summed E-state index contributed by atoms with van der Waals surface area (Å²) in [6, 6.07) is 25.9. The van der Waals surface area contributed by atoms with Crippen LogP contribution >= 0.6 is 0 Å². The second-order valence-corrected chi connectivity index (χ2v) is 7.10. The third-order valence-corrected chi connectivity index (χ3v) is 5.13. The molecule has 142 valence electrons. The van der Waals surface area contributed by atoms with Crippen LogP contribution in [0.25, 0.3) is 0 Å². The van der Waals surface area contributed by atoms with Gasteiger partial charge in [-0.3, -0.25) is 5.01 Å². The molecule has 28 heavy (non-hydrogen) atoms. The summed E-state index contributed by atoms with van der Waals surface area (Å²) in [5.74, 6) is 0.797. The number of aliphatic hydroxyl groups excluding tert-OH is 1. The highest BCUT2D eigenvalue weighted by Gasteiger charge is 2.37. The van der Waals surface area contributed by atoms with E-state index in [0.29, 0.717) is 12.3 Å². The van der Waals surface area contributed by atoms with E-state index in [2.05, 4.69) is 19.1 Å². The average Bonchev–Trinajstić information content (AvgIpc) is 3.05. The summed E-state index contributed by atoms with van der Waals surface area (Å²) >= 11 is 0. The maximum atomic E-state index is 11.2. The van der Waals surface area contributed by atoms with Gasteiger partial charge in [0.2, 0.25) is 0 Å². The molecule has 0 spiro atoms. The van der Waals surface area contributed by atoms with E-state index >= 15 is 0 Å². The van der Waals surface area contributed by atoms with E-state index in [1.165, 1.54) is 5.56 Å². The number of hydrogen-bond acceptors (Lipinski definition) is 4. The van der Waals surface area contributed by atoms with E-state index in [1.807, 2.05) is 71.7 Å². The lowest BCUT2D eigenvalue weighted by Crippen LogP contribution is -2.29. The standard InChI is InChI=1S/C24H24N2O2/c1-17-8-10-19(11-9-17)22-24(27)23(20-12-14-21(28-2)15-13-20)26(25-22)16-18-6-4-3-5-7-18/h3-15,23-24,27H,16H2,1-2H3/t23-,24+/m0/s1. The van der Waals surface area contributed by atoms with Crippen molar-refractivity contribution >= 4 is 5.71 Å². The van der Waals surface area contributed by atoms with Crippen molar-refractivity contribution < 1.29 is 9.84 Å². The maximum Gasteiger partial charge on any atom is 0.124 e. The van der Waals surface area contributed by atoms with Crippen LogP contribution in [0.2, 0.25) is 0 Å². The van der Waals surface area contributed by atoms with Crippen LogP contribution in [0.4, 0.5) is 0 Å². The van der Waals surface area contributed by atoms with Gasteiger partial charge in [0.1, 0.15) is 17.9 Å². The zero-order valence-electron chi connectivity index (χ0n) is 16.1. The molecule has 0 fully saturated rings. The van der Waals surface area contributed by atoms with Crippen LogP contribution in [0.15, 0.2) is 84.0 Å². The largest absolute Gasteiger partial charge is 0.497 e. The smallest absolute Gasteiger partial charge is 0.124 e. The van der Waals surface area contributed by atoms with Gasteiger partial charge in [0.25, 0.3) is 0 Å². The number of rotatable bonds is 5. The predicted octanol–water partition coefficient (Wildman–Crippen LogP) is 4.33. The highest BCUT2D eigenvalue weighted by molar-refractivity contribution is 6.05. The molecule has 0 radical (unpaired) electrons. The second-order valence-electron chi connectivity index (χ2n) is 7.10. The summed E-state index contributed by atoms with van der Waals surface area (Å²) in [4.78, 5) is 0. The normalized spacial score (nSPS) is 18.8. The molecule has 4 heteroatoms. The molecule has 3 aromatic carbocycles. The van der Waals surface area contributed by atoms with Crippen LogP contribution < -0.4 is 4.74 Å². The first-order valence-electron chi connectivity index (χ1n) is 9.44. The molecule has 1 N–H and O–H groups in total. The Morgan fingerprint density at radius 3 is 2.25 bits per heavy atom. The SMILES string of the molecule is COc1ccc([C@H]2[C@H](O)C(c3ccc(C)cc3)=NN2Cc2ccccc2)cc1. The van der Waals surface area contributed by atoms with Gasteiger partial charge in [0.05, 0.1) is 19.4 Å². The zero-order chi connectivity index (χ0) is 19.5. The van der Waals surface area contributed by atoms with Gasteiger partial charge in [0.15, 0.2) is 0 Å². The van der Waals surface area contributed by atoms with Crippen molar-refractivity contribution in [2.75, 3.05) is 7.11 Å². The summed E-state index contributed by atoms with van der Waals surface area (Å²) in [6.45, 7) is 2.68. The Labute approximate surface area is 165 Å². The molecular weight excluding hydrogens is 348 g/mol. The predicted molar refractivity (Wildman–Crippen MR) is 111 cm³/mol. The third kappa shape index (κ3) is 3.64. The molecular formula is C24H24N2O2. The lowest BCUT2D eigenvalue weighted by Gasteiger charge is -2.26. The van der Waals surface area contributed by atoms with Crippen LogP contribution in [-0.2, 0) is 6.54 Å². The number of methoxy groups -OCH3 is 1. The molecule has 0 bridgehead atoms. The van der Waals surface area contributed by atoms with Gasteiger partial charge in [-0.2, -0.15) is 5.10 Å². The van der Waals surface area contributed by atoms with Gasteiger partial charge in [-0.15, -0.1) is 0 Å². The molecule has 4 nitrogen and oxygen atoms in total. The van der Waals surface area contributed by atoms with Gasteiger partial charge in [0, 0.05) is 5.56 Å². The molecule has 3 aromatic rings. The van der Waals surface area contributed by atoms with Crippen molar-refractivity contribution in [2.24, 2.45) is 5.10 Å². The van der Waals surface area contributed by atoms with Crippen molar-refractivity contribution in [2.45, 2.75) is 25.6 Å². The highest BCUT2D eigenvalue weighted by atomic mass is 16.5. The van der Waals surface area contributed by atoms with Crippen molar-refractivity contribution in [3.63, 3.8) is 0 Å². The first-order valence-corrected chi connectivity index (χ1v) is 9.44. The van der Waals surface area contributed by atoms with E-state index in [0.717, 1.165) is 22.4 Å². The Balaban J connectivity index is 1.70. The van der Waals surface area contributed by atoms with Gasteiger partial charge < -0.3 is 9.84 Å². The minimum absolute atomic E-state index is 0.248. The van der Waals surface area contributed by atoms with Crippen molar-refractivity contribution in [3.8, 4) is 5.75 Å². The Hall–Kier alpha value is -3.11. The fraction of sp³-hybridized carbons (Fsp3) is 0.208. The molecule has 0 saturated heterocycles. The number of hydrogen-bond donors (Lipinski definition) is 1. The Bertz CT molecular complexity index is 950. The third-order valence-electron chi connectivity index (χ3n) is 5.13. The highest BCUT2D eigenvalue weighted by Crippen LogP contribution is 2.35. The average molecular weight is 372 g/mol. The van der Waals surface area contributed by atoms with Gasteiger partial charge >= 0.3 is 0 Å². The van der Waals surface area contributed by atoms with Crippen LogP contribution in [0, 0.1) is 6.92 Å². The molecule has 0 saturated carbocycles. The molecule has 0 aliphatic carbocycles. The number of hydrazone groups is 1. The number of aryl methyl sites for hydroxylation is 1. The van der Waals surface area contributed by atoms with E-state index in [-0.39, 0.29) is 6.04 Å². The van der Waals surface area contributed by atoms with Crippen LogP contribution in [-0.4, -0.2) is 29.0 Å². The fourth-order valence-electron chi connectivity index (χ4n) is 3.58. The molecule has 4 rings (SSSR count). The van der Waals surface area contributed by atoms with Crippen molar-refractivity contribution in [3.05, 3.63) is 101 Å². The zero-order valence-corrected chi connectivity index (χ0v) is 16.1. The van der Waals surface area contributed by atoms with E-state index in [4.69, 9.17) is 9.84 Å². The molecule has 1 aliphatic rings. The monoisotopic (exact) mass is 372 g/mol. The summed E-state index contributed by atoms with van der Waals surface area (Å²) < 4.78 is 5.28. The van der Waals surface area contributed by atoms with Gasteiger partial charge in [-0.05, 0) is 30.2 Å². The van der Waals surface area contributed by atoms with Gasteiger partial charge in [-0.25, -0.2) is 0 Å². The minimum Gasteiger partial charge on any atom is -0.497 e. The van der Waals surface area contributed by atoms with Crippen LogP contribution in [0.5, 0.6) is 5.75 Å². The van der Waals surface area contributed by atoms with E-state index in [9.17, 15) is 5.11 Å². The summed E-state index contributed by atoms with van der Waals surface area (Å²) in [6.07, 6.45) is -0.709. The Morgan fingerprint density at radius 2 is 1.61 bits per heavy atom. The molecule has 0 aromatic heterocycles. The summed E-state index contributed by atoms with van der Waals surface area (Å²) in [5.41, 5.74) is 5.01. The molecule has 1 heterocycles. The van der Waals surface area contributed by atoms with Crippen LogP contribution in [0.3, 0.4) is 0 Å². The van der Waals surface area contributed by atoms with Crippen LogP contribution in [0.1, 0.15) is 28.3 Å². The minimum atomic E-state index is -0.709. The Morgan fingerprint density at radius 1 is 0.929 bits per heavy atom. The van der Waals surface area contributed by atoms with E-state index < -0.39 is 6.10 Å².